The summed E-state index contributed by atoms with van der Waals surface area (Å²) in [5.74, 6) is 0. The zero-order chi connectivity index (χ0) is 16.8. The molecule has 1 heterocycles. The molecular formula is C20H39ClN2. The van der Waals surface area contributed by atoms with E-state index in [4.69, 9.17) is 11.6 Å². The van der Waals surface area contributed by atoms with Crippen LogP contribution in [0.2, 0.25) is 0 Å². The molecule has 0 aliphatic carbocycles. The lowest BCUT2D eigenvalue weighted by Gasteiger charge is -2.23. The van der Waals surface area contributed by atoms with E-state index < -0.39 is 0 Å². The summed E-state index contributed by atoms with van der Waals surface area (Å²) in [7, 11) is 2.09. The van der Waals surface area contributed by atoms with Gasteiger partial charge in [0, 0.05) is 19.4 Å². The molecule has 1 atom stereocenters. The number of hydrogen-bond donors (Lipinski definition) is 0. The van der Waals surface area contributed by atoms with Crippen molar-refractivity contribution >= 4 is 11.6 Å². The van der Waals surface area contributed by atoms with Crippen LogP contribution in [0.5, 0.6) is 0 Å². The monoisotopic (exact) mass is 342 g/mol. The second kappa shape index (κ2) is 14.0. The summed E-state index contributed by atoms with van der Waals surface area (Å²) in [5, 5.41) is 0. The molecule has 23 heavy (non-hydrogen) atoms. The van der Waals surface area contributed by atoms with E-state index in [-0.39, 0.29) is 5.50 Å². The Kier molecular flexibility index (Phi) is 12.6. The van der Waals surface area contributed by atoms with Crippen molar-refractivity contribution in [3.8, 4) is 0 Å². The van der Waals surface area contributed by atoms with Gasteiger partial charge < -0.3 is 9.80 Å². The molecule has 136 valence electrons. The molecule has 0 aromatic heterocycles. The molecule has 1 unspecified atom stereocenters. The van der Waals surface area contributed by atoms with Crippen LogP contribution in [-0.4, -0.2) is 29.0 Å². The summed E-state index contributed by atoms with van der Waals surface area (Å²) in [6.45, 7) is 3.22. The third kappa shape index (κ3) is 10.9. The Morgan fingerprint density at radius 1 is 0.783 bits per heavy atom. The van der Waals surface area contributed by atoms with Gasteiger partial charge in [-0.2, -0.15) is 0 Å². The summed E-state index contributed by atoms with van der Waals surface area (Å²) in [6, 6.07) is 0. The van der Waals surface area contributed by atoms with Gasteiger partial charge in [0.1, 0.15) is 5.50 Å². The van der Waals surface area contributed by atoms with Crippen LogP contribution in [0.4, 0.5) is 0 Å². The lowest BCUT2D eigenvalue weighted by molar-refractivity contribution is 0.267. The van der Waals surface area contributed by atoms with E-state index in [2.05, 4.69) is 36.2 Å². The first-order valence-corrected chi connectivity index (χ1v) is 10.5. The van der Waals surface area contributed by atoms with Crippen molar-refractivity contribution in [1.82, 2.24) is 9.80 Å². The molecule has 0 aromatic carbocycles. The SMILES string of the molecule is CCCCCCCCCCCCCCCC(Cl)N1C=CN(C)C1. The standard InChI is InChI=1S/C20H39ClN2/c1-3-4-5-6-7-8-9-10-11-12-13-14-15-16-20(21)23-18-17-22(2)19-23/h17-18,20H,3-16,19H2,1-2H3. The molecule has 0 radical (unpaired) electrons. The average molecular weight is 343 g/mol. The number of halogens is 1. The molecule has 3 heteroatoms. The zero-order valence-corrected chi connectivity index (χ0v) is 16.4. The third-order valence-corrected chi connectivity index (χ3v) is 5.27. The van der Waals surface area contributed by atoms with Crippen molar-refractivity contribution in [2.75, 3.05) is 13.7 Å². The second-order valence-corrected chi connectivity index (χ2v) is 7.68. The maximum atomic E-state index is 6.44. The predicted molar refractivity (Wildman–Crippen MR) is 104 cm³/mol. The molecule has 0 spiro atoms. The first-order chi connectivity index (χ1) is 11.2. The summed E-state index contributed by atoms with van der Waals surface area (Å²) in [4.78, 5) is 4.39. The van der Waals surface area contributed by atoms with Gasteiger partial charge >= 0.3 is 0 Å². The summed E-state index contributed by atoms with van der Waals surface area (Å²) >= 11 is 6.44. The molecule has 0 fully saturated rings. The Labute approximate surface area is 150 Å². The smallest absolute Gasteiger partial charge is 0.105 e. The molecule has 0 saturated carbocycles. The fourth-order valence-electron chi connectivity index (χ4n) is 3.23. The molecule has 2 nitrogen and oxygen atoms in total. The summed E-state index contributed by atoms with van der Waals surface area (Å²) < 4.78 is 0. The van der Waals surface area contributed by atoms with E-state index in [1.807, 2.05) is 0 Å². The minimum atomic E-state index is 0.170. The third-order valence-electron chi connectivity index (χ3n) is 4.80. The summed E-state index contributed by atoms with van der Waals surface area (Å²) in [6.07, 6.45) is 23.6. The van der Waals surface area contributed by atoms with Gasteiger partial charge in [0.05, 0.1) is 6.67 Å². The van der Waals surface area contributed by atoms with E-state index >= 15 is 0 Å². The Bertz CT molecular complexity index is 293. The van der Waals surface area contributed by atoms with Crippen LogP contribution in [0.1, 0.15) is 96.8 Å². The molecule has 1 rings (SSSR count). The highest BCUT2D eigenvalue weighted by molar-refractivity contribution is 6.20. The van der Waals surface area contributed by atoms with Gasteiger partial charge in [-0.25, -0.2) is 0 Å². The first kappa shape index (κ1) is 20.7. The van der Waals surface area contributed by atoms with Crippen molar-refractivity contribution in [2.24, 2.45) is 0 Å². The van der Waals surface area contributed by atoms with Gasteiger partial charge in [-0.3, -0.25) is 0 Å². The predicted octanol–water partition coefficient (Wildman–Crippen LogP) is 6.71. The van der Waals surface area contributed by atoms with Crippen LogP contribution in [0.3, 0.4) is 0 Å². The van der Waals surface area contributed by atoms with E-state index in [9.17, 15) is 0 Å². The quantitative estimate of drug-likeness (QED) is 0.185. The van der Waals surface area contributed by atoms with Crippen molar-refractivity contribution in [1.29, 1.82) is 0 Å². The average Bonchev–Trinajstić information content (AvgIpc) is 2.98. The van der Waals surface area contributed by atoms with Crippen molar-refractivity contribution in [2.45, 2.75) is 102 Å². The maximum absolute atomic E-state index is 6.44. The van der Waals surface area contributed by atoms with Gasteiger partial charge in [0.25, 0.3) is 0 Å². The molecule has 0 amide bonds. The van der Waals surface area contributed by atoms with Crippen LogP contribution in [0.15, 0.2) is 12.4 Å². The molecule has 0 aromatic rings. The van der Waals surface area contributed by atoms with Gasteiger partial charge in [-0.1, -0.05) is 102 Å². The van der Waals surface area contributed by atoms with E-state index in [1.54, 1.807) is 0 Å². The number of hydrogen-bond acceptors (Lipinski definition) is 2. The molecule has 0 bridgehead atoms. The summed E-state index contributed by atoms with van der Waals surface area (Å²) in [5.41, 5.74) is 0.170. The van der Waals surface area contributed by atoms with Crippen molar-refractivity contribution in [3.63, 3.8) is 0 Å². The molecule has 1 aliphatic rings. The zero-order valence-electron chi connectivity index (χ0n) is 15.6. The molecule has 0 N–H and O–H groups in total. The second-order valence-electron chi connectivity index (χ2n) is 7.18. The molecule has 1 aliphatic heterocycles. The maximum Gasteiger partial charge on any atom is 0.105 e. The van der Waals surface area contributed by atoms with Crippen LogP contribution < -0.4 is 0 Å². The minimum Gasteiger partial charge on any atom is -0.362 e. The lowest BCUT2D eigenvalue weighted by atomic mass is 10.0. The van der Waals surface area contributed by atoms with Gasteiger partial charge in [-0.05, 0) is 6.42 Å². The van der Waals surface area contributed by atoms with Gasteiger partial charge in [-0.15, -0.1) is 0 Å². The molecular weight excluding hydrogens is 304 g/mol. The normalized spacial score (nSPS) is 15.6. The van der Waals surface area contributed by atoms with E-state index in [0.717, 1.165) is 13.1 Å². The Morgan fingerprint density at radius 2 is 1.26 bits per heavy atom. The van der Waals surface area contributed by atoms with Crippen molar-refractivity contribution in [3.05, 3.63) is 12.4 Å². The number of unbranched alkanes of at least 4 members (excludes halogenated alkanes) is 12. The highest BCUT2D eigenvalue weighted by Crippen LogP contribution is 2.19. The topological polar surface area (TPSA) is 6.48 Å². The minimum absolute atomic E-state index is 0.170. The fourth-order valence-corrected chi connectivity index (χ4v) is 3.51. The Hall–Kier alpha value is -0.370. The lowest BCUT2D eigenvalue weighted by Crippen LogP contribution is -2.28. The molecule has 0 saturated heterocycles. The highest BCUT2D eigenvalue weighted by Gasteiger charge is 2.16. The number of nitrogens with zero attached hydrogens (tertiary/aromatic N) is 2. The van der Waals surface area contributed by atoms with Crippen LogP contribution >= 0.6 is 11.6 Å². The first-order valence-electron chi connectivity index (χ1n) is 10.0. The van der Waals surface area contributed by atoms with Crippen LogP contribution in [0.25, 0.3) is 0 Å². The van der Waals surface area contributed by atoms with E-state index in [0.29, 0.717) is 0 Å². The number of rotatable bonds is 15. The highest BCUT2D eigenvalue weighted by atomic mass is 35.5. The largest absolute Gasteiger partial charge is 0.362 e. The van der Waals surface area contributed by atoms with Gasteiger partial charge in [0.15, 0.2) is 0 Å². The van der Waals surface area contributed by atoms with Gasteiger partial charge in [0.2, 0.25) is 0 Å². The van der Waals surface area contributed by atoms with Crippen LogP contribution in [-0.2, 0) is 0 Å². The Morgan fingerprint density at radius 3 is 1.70 bits per heavy atom. The number of alkyl halides is 1. The Balaban J connectivity index is 1.77. The van der Waals surface area contributed by atoms with Crippen LogP contribution in [0, 0.1) is 0 Å². The van der Waals surface area contributed by atoms with Crippen molar-refractivity contribution < 1.29 is 0 Å². The van der Waals surface area contributed by atoms with E-state index in [1.165, 1.54) is 83.5 Å². The fraction of sp³-hybridized carbons (Fsp3) is 0.900.